The second kappa shape index (κ2) is 8.16. The molecule has 2 aromatic rings. The fraction of sp³-hybridized carbons (Fsp3) is 0.421. The normalized spacial score (nSPS) is 17.0. The van der Waals surface area contributed by atoms with Crippen molar-refractivity contribution in [2.24, 2.45) is 5.92 Å². The summed E-state index contributed by atoms with van der Waals surface area (Å²) >= 11 is 0. The van der Waals surface area contributed by atoms with Gasteiger partial charge in [0.25, 0.3) is 0 Å². The Balaban J connectivity index is 1.96. The van der Waals surface area contributed by atoms with E-state index < -0.39 is 10.0 Å². The Bertz CT molecular complexity index is 834. The van der Waals surface area contributed by atoms with E-state index in [1.54, 1.807) is 24.5 Å². The van der Waals surface area contributed by atoms with Gasteiger partial charge in [-0.2, -0.15) is 0 Å². The molecule has 1 fully saturated rings. The summed E-state index contributed by atoms with van der Waals surface area (Å²) in [7, 11) is -2.29. The topological polar surface area (TPSA) is 77.5 Å². The predicted octanol–water partition coefficient (Wildman–Crippen LogP) is 2.84. The largest absolute Gasteiger partial charge is 0.495 e. The number of hydrogen-bond donors (Lipinski definition) is 1. The first-order valence-electron chi connectivity index (χ1n) is 8.66. The van der Waals surface area contributed by atoms with Gasteiger partial charge in [-0.1, -0.05) is 12.1 Å². The Labute approximate surface area is 154 Å². The molecule has 1 aliphatic rings. The third-order valence-corrected chi connectivity index (χ3v) is 6.13. The van der Waals surface area contributed by atoms with Crippen molar-refractivity contribution in [3.63, 3.8) is 0 Å². The van der Waals surface area contributed by atoms with Crippen molar-refractivity contribution in [3.05, 3.63) is 53.9 Å². The van der Waals surface area contributed by atoms with Crippen LogP contribution >= 0.6 is 0 Å². The summed E-state index contributed by atoms with van der Waals surface area (Å²) in [5.41, 5.74) is 1.71. The van der Waals surface area contributed by atoms with Crippen LogP contribution in [0, 0.1) is 12.8 Å². The van der Waals surface area contributed by atoms with Gasteiger partial charge in [0, 0.05) is 25.6 Å². The van der Waals surface area contributed by atoms with Crippen LogP contribution in [0.25, 0.3) is 0 Å². The summed E-state index contributed by atoms with van der Waals surface area (Å²) in [4.78, 5) is 4.31. The summed E-state index contributed by atoms with van der Waals surface area (Å²) in [6, 6.07) is 8.51. The first-order valence-corrected chi connectivity index (χ1v) is 10.1. The number of aryl methyl sites for hydroxylation is 1. The lowest BCUT2D eigenvalue weighted by atomic mass is 9.88. The molecule has 7 heteroatoms. The quantitative estimate of drug-likeness (QED) is 0.839. The van der Waals surface area contributed by atoms with Crippen LogP contribution in [0.1, 0.15) is 30.0 Å². The van der Waals surface area contributed by atoms with Gasteiger partial charge in [-0.3, -0.25) is 4.98 Å². The highest BCUT2D eigenvalue weighted by atomic mass is 32.2. The van der Waals surface area contributed by atoms with E-state index in [0.717, 1.165) is 24.0 Å². The second-order valence-electron chi connectivity index (χ2n) is 6.49. The van der Waals surface area contributed by atoms with E-state index in [9.17, 15) is 8.42 Å². The molecule has 0 amide bonds. The van der Waals surface area contributed by atoms with Crippen LogP contribution in [0.4, 0.5) is 0 Å². The molecule has 1 unspecified atom stereocenters. The predicted molar refractivity (Wildman–Crippen MR) is 98.6 cm³/mol. The number of nitrogens with zero attached hydrogens (tertiary/aromatic N) is 1. The summed E-state index contributed by atoms with van der Waals surface area (Å²) in [6.45, 7) is 3.13. The highest BCUT2D eigenvalue weighted by Crippen LogP contribution is 2.33. The minimum atomic E-state index is -3.77. The summed E-state index contributed by atoms with van der Waals surface area (Å²) in [5.74, 6) is 0.485. The third-order valence-electron chi connectivity index (χ3n) is 4.67. The van der Waals surface area contributed by atoms with Crippen molar-refractivity contribution >= 4 is 10.0 Å². The minimum Gasteiger partial charge on any atom is -0.495 e. The molecular formula is C19H24N2O4S. The molecule has 2 heterocycles. The zero-order valence-electron chi connectivity index (χ0n) is 15.0. The van der Waals surface area contributed by atoms with Gasteiger partial charge >= 0.3 is 0 Å². The lowest BCUT2D eigenvalue weighted by Crippen LogP contribution is -2.36. The summed E-state index contributed by atoms with van der Waals surface area (Å²) < 4.78 is 39.9. The molecule has 0 saturated carbocycles. The van der Waals surface area contributed by atoms with E-state index in [0.29, 0.717) is 19.0 Å². The van der Waals surface area contributed by atoms with Crippen LogP contribution in [0.2, 0.25) is 0 Å². The lowest BCUT2D eigenvalue weighted by molar-refractivity contribution is 0.0564. The van der Waals surface area contributed by atoms with Crippen LogP contribution in [0.3, 0.4) is 0 Å². The Kier molecular flexibility index (Phi) is 5.90. The first-order chi connectivity index (χ1) is 12.5. The molecule has 0 radical (unpaired) electrons. The molecule has 26 heavy (non-hydrogen) atoms. The molecule has 1 aromatic carbocycles. The van der Waals surface area contributed by atoms with E-state index in [2.05, 4.69) is 9.71 Å². The number of rotatable bonds is 6. The number of hydrogen-bond acceptors (Lipinski definition) is 5. The molecule has 1 aliphatic heterocycles. The van der Waals surface area contributed by atoms with Crippen molar-refractivity contribution < 1.29 is 17.9 Å². The van der Waals surface area contributed by atoms with E-state index in [4.69, 9.17) is 9.47 Å². The fourth-order valence-electron chi connectivity index (χ4n) is 3.27. The minimum absolute atomic E-state index is 0.151. The standard InChI is InChI=1S/C19H24N2O4S/c1-14-5-6-17(24-2)18(12-14)26(22,23)21-19(15-7-10-25-11-8-15)16-4-3-9-20-13-16/h3-6,9,12-13,15,19,21H,7-8,10-11H2,1-2H3. The number of benzene rings is 1. The number of ether oxygens (including phenoxy) is 2. The van der Waals surface area contributed by atoms with Gasteiger partial charge in [0.15, 0.2) is 0 Å². The van der Waals surface area contributed by atoms with Gasteiger partial charge in [0.05, 0.1) is 13.2 Å². The molecule has 140 valence electrons. The monoisotopic (exact) mass is 376 g/mol. The van der Waals surface area contributed by atoms with Gasteiger partial charge in [-0.15, -0.1) is 0 Å². The number of nitrogens with one attached hydrogen (secondary N) is 1. The Morgan fingerprint density at radius 1 is 1.27 bits per heavy atom. The Morgan fingerprint density at radius 3 is 2.69 bits per heavy atom. The third kappa shape index (κ3) is 4.23. The Hall–Kier alpha value is -1.96. The molecule has 1 saturated heterocycles. The molecular weight excluding hydrogens is 352 g/mol. The van der Waals surface area contributed by atoms with Crippen molar-refractivity contribution in [1.29, 1.82) is 0 Å². The molecule has 1 atom stereocenters. The molecule has 3 rings (SSSR count). The molecule has 0 spiro atoms. The highest BCUT2D eigenvalue weighted by Gasteiger charge is 2.31. The van der Waals surface area contributed by atoms with Gasteiger partial charge in [-0.05, 0) is 55.0 Å². The Morgan fingerprint density at radius 2 is 2.04 bits per heavy atom. The molecule has 0 bridgehead atoms. The van der Waals surface area contributed by atoms with E-state index in [1.807, 2.05) is 25.1 Å². The number of aromatic nitrogens is 1. The van der Waals surface area contributed by atoms with Gasteiger partial charge in [0.1, 0.15) is 10.6 Å². The van der Waals surface area contributed by atoms with Crippen LogP contribution in [0.15, 0.2) is 47.6 Å². The first kappa shape index (κ1) is 18.8. The molecule has 1 N–H and O–H groups in total. The summed E-state index contributed by atoms with van der Waals surface area (Å²) in [5, 5.41) is 0. The van der Waals surface area contributed by atoms with E-state index in [1.165, 1.54) is 7.11 Å². The van der Waals surface area contributed by atoms with Gasteiger partial charge in [-0.25, -0.2) is 13.1 Å². The van der Waals surface area contributed by atoms with Crippen molar-refractivity contribution in [2.75, 3.05) is 20.3 Å². The number of methoxy groups -OCH3 is 1. The second-order valence-corrected chi connectivity index (χ2v) is 8.17. The van der Waals surface area contributed by atoms with Crippen molar-refractivity contribution in [1.82, 2.24) is 9.71 Å². The van der Waals surface area contributed by atoms with Gasteiger partial charge < -0.3 is 9.47 Å². The van der Waals surface area contributed by atoms with Crippen molar-refractivity contribution in [3.8, 4) is 5.75 Å². The van der Waals surface area contributed by atoms with Crippen LogP contribution in [-0.2, 0) is 14.8 Å². The van der Waals surface area contributed by atoms with E-state index in [-0.39, 0.29) is 16.9 Å². The SMILES string of the molecule is COc1ccc(C)cc1S(=O)(=O)NC(c1cccnc1)C1CCOCC1. The fourth-order valence-corrected chi connectivity index (χ4v) is 4.82. The van der Waals surface area contributed by atoms with E-state index >= 15 is 0 Å². The maximum absolute atomic E-state index is 13.1. The number of pyridine rings is 1. The van der Waals surface area contributed by atoms with Crippen LogP contribution in [0.5, 0.6) is 5.75 Å². The smallest absolute Gasteiger partial charge is 0.244 e. The molecule has 0 aliphatic carbocycles. The van der Waals surface area contributed by atoms with Gasteiger partial charge in [0.2, 0.25) is 10.0 Å². The average molecular weight is 376 g/mol. The molecule has 6 nitrogen and oxygen atoms in total. The van der Waals surface area contributed by atoms with Crippen LogP contribution in [-0.4, -0.2) is 33.7 Å². The highest BCUT2D eigenvalue weighted by molar-refractivity contribution is 7.89. The maximum Gasteiger partial charge on any atom is 0.244 e. The average Bonchev–Trinajstić information content (AvgIpc) is 2.67. The van der Waals surface area contributed by atoms with Crippen molar-refractivity contribution in [2.45, 2.75) is 30.7 Å². The molecule has 1 aromatic heterocycles. The number of sulfonamides is 1. The maximum atomic E-state index is 13.1. The lowest BCUT2D eigenvalue weighted by Gasteiger charge is -2.31. The summed E-state index contributed by atoms with van der Waals surface area (Å²) in [6.07, 6.45) is 5.00. The zero-order valence-corrected chi connectivity index (χ0v) is 15.8. The zero-order chi connectivity index (χ0) is 18.6. The van der Waals surface area contributed by atoms with Crippen LogP contribution < -0.4 is 9.46 Å².